The monoisotopic (exact) mass is 466 g/mol. The van der Waals surface area contributed by atoms with Crippen LogP contribution in [-0.4, -0.2) is 19.0 Å². The molecule has 138 valence electrons. The van der Waals surface area contributed by atoms with E-state index in [0.29, 0.717) is 17.1 Å². The molecule has 26 heavy (non-hydrogen) atoms. The van der Waals surface area contributed by atoms with Gasteiger partial charge in [0.15, 0.2) is 5.96 Å². The third-order valence-electron chi connectivity index (χ3n) is 3.71. The van der Waals surface area contributed by atoms with E-state index >= 15 is 0 Å². The van der Waals surface area contributed by atoms with Crippen molar-refractivity contribution in [1.29, 1.82) is 5.26 Å². The van der Waals surface area contributed by atoms with Gasteiger partial charge in [0.05, 0.1) is 18.2 Å². The Morgan fingerprint density at radius 1 is 1.15 bits per heavy atom. The molecule has 0 aliphatic heterocycles. The Kier molecular flexibility index (Phi) is 10.3. The molecule has 2 rings (SSSR count). The number of guanidine groups is 1. The fraction of sp³-hybridized carbons (Fsp3) is 0.300. The number of nitriles is 1. The van der Waals surface area contributed by atoms with Crippen LogP contribution >= 0.6 is 24.0 Å². The third-order valence-corrected chi connectivity index (χ3v) is 3.71. The lowest BCUT2D eigenvalue weighted by Gasteiger charge is -2.11. The number of aryl methyl sites for hydroxylation is 1. The van der Waals surface area contributed by atoms with E-state index < -0.39 is 5.82 Å². The van der Waals surface area contributed by atoms with Crippen molar-refractivity contribution in [1.82, 2.24) is 10.6 Å². The Labute approximate surface area is 171 Å². The number of rotatable bonds is 7. The quantitative estimate of drug-likeness (QED) is 0.281. The number of benzene rings is 2. The number of nitrogens with zero attached hydrogens (tertiary/aromatic N) is 2. The molecule has 0 bridgehead atoms. The predicted octanol–water partition coefficient (Wildman–Crippen LogP) is 4.00. The molecule has 0 amide bonds. The maximum absolute atomic E-state index is 13.9. The molecule has 0 heterocycles. The lowest BCUT2D eigenvalue weighted by atomic mass is 10.1. The zero-order chi connectivity index (χ0) is 17.9. The normalized spacial score (nSPS) is 10.6. The zero-order valence-corrected chi connectivity index (χ0v) is 17.2. The molecule has 6 heteroatoms. The summed E-state index contributed by atoms with van der Waals surface area (Å²) < 4.78 is 13.9. The lowest BCUT2D eigenvalue weighted by molar-refractivity contribution is 0.609. The molecule has 4 nitrogen and oxygen atoms in total. The summed E-state index contributed by atoms with van der Waals surface area (Å²) in [6, 6.07) is 16.7. The largest absolute Gasteiger partial charge is 0.357 e. The Hall–Kier alpha value is -2.14. The molecule has 2 N–H and O–H groups in total. The molecule has 2 aromatic rings. The first-order valence-corrected chi connectivity index (χ1v) is 8.47. The predicted molar refractivity (Wildman–Crippen MR) is 114 cm³/mol. The van der Waals surface area contributed by atoms with Gasteiger partial charge in [-0.25, -0.2) is 9.38 Å². The minimum atomic E-state index is -0.400. The highest BCUT2D eigenvalue weighted by molar-refractivity contribution is 14.0. The van der Waals surface area contributed by atoms with E-state index in [4.69, 9.17) is 5.26 Å². The average Bonchev–Trinajstić information content (AvgIpc) is 2.64. The summed E-state index contributed by atoms with van der Waals surface area (Å²) in [6.45, 7) is 3.74. The van der Waals surface area contributed by atoms with Crippen LogP contribution in [0.3, 0.4) is 0 Å². The molecule has 0 unspecified atom stereocenters. The second-order valence-electron chi connectivity index (χ2n) is 5.63. The first-order chi connectivity index (χ1) is 12.2. The van der Waals surface area contributed by atoms with Crippen LogP contribution in [0, 0.1) is 17.1 Å². The summed E-state index contributed by atoms with van der Waals surface area (Å²) in [7, 11) is 0. The van der Waals surface area contributed by atoms with Gasteiger partial charge in [0, 0.05) is 18.7 Å². The highest BCUT2D eigenvalue weighted by atomic mass is 127. The molecule has 0 aliphatic rings. The molecule has 0 saturated carbocycles. The SMILES string of the molecule is CCNC(=NCc1ccc(C#N)cc1F)NCCCc1ccccc1.I. The second-order valence-corrected chi connectivity index (χ2v) is 5.63. The lowest BCUT2D eigenvalue weighted by Crippen LogP contribution is -2.37. The zero-order valence-electron chi connectivity index (χ0n) is 14.8. The Morgan fingerprint density at radius 2 is 1.92 bits per heavy atom. The Bertz CT molecular complexity index is 741. The number of hydrogen-bond acceptors (Lipinski definition) is 2. The standard InChI is InChI=1S/C20H23FN4.HI/c1-2-23-20(24-12-6-9-16-7-4-3-5-8-16)25-15-18-11-10-17(14-22)13-19(18)21;/h3-5,7-8,10-11,13H,2,6,9,12,15H2,1H3,(H2,23,24,25);1H. The molecular weight excluding hydrogens is 442 g/mol. The highest BCUT2D eigenvalue weighted by Crippen LogP contribution is 2.11. The molecular formula is C20H24FIN4. The summed E-state index contributed by atoms with van der Waals surface area (Å²) in [5.41, 5.74) is 2.10. The maximum Gasteiger partial charge on any atom is 0.191 e. The summed E-state index contributed by atoms with van der Waals surface area (Å²) in [4.78, 5) is 4.42. The van der Waals surface area contributed by atoms with Crippen molar-refractivity contribution in [3.63, 3.8) is 0 Å². The van der Waals surface area contributed by atoms with E-state index in [1.54, 1.807) is 12.1 Å². The van der Waals surface area contributed by atoms with Gasteiger partial charge in [0.1, 0.15) is 5.82 Å². The second kappa shape index (κ2) is 12.3. The van der Waals surface area contributed by atoms with Crippen molar-refractivity contribution in [3.05, 3.63) is 71.0 Å². The molecule has 0 saturated heterocycles. The fourth-order valence-electron chi connectivity index (χ4n) is 2.40. The van der Waals surface area contributed by atoms with Crippen LogP contribution in [0.2, 0.25) is 0 Å². The van der Waals surface area contributed by atoms with Crippen molar-refractivity contribution >= 4 is 29.9 Å². The van der Waals surface area contributed by atoms with Gasteiger partial charge in [-0.15, -0.1) is 24.0 Å². The molecule has 2 aromatic carbocycles. The first-order valence-electron chi connectivity index (χ1n) is 8.47. The minimum Gasteiger partial charge on any atom is -0.357 e. The summed E-state index contributed by atoms with van der Waals surface area (Å²) in [5.74, 6) is 0.266. The topological polar surface area (TPSA) is 60.2 Å². The van der Waals surface area contributed by atoms with Crippen LogP contribution in [0.15, 0.2) is 53.5 Å². The van der Waals surface area contributed by atoms with Crippen LogP contribution in [0.1, 0.15) is 30.0 Å². The van der Waals surface area contributed by atoms with E-state index in [2.05, 4.69) is 27.8 Å². The van der Waals surface area contributed by atoms with Crippen molar-refractivity contribution in [2.24, 2.45) is 4.99 Å². The molecule has 0 fully saturated rings. The van der Waals surface area contributed by atoms with Gasteiger partial charge in [-0.2, -0.15) is 5.26 Å². The molecule has 0 aliphatic carbocycles. The van der Waals surface area contributed by atoms with Crippen LogP contribution in [0.4, 0.5) is 4.39 Å². The first kappa shape index (κ1) is 21.9. The maximum atomic E-state index is 13.9. The number of halogens is 2. The minimum absolute atomic E-state index is 0. The van der Waals surface area contributed by atoms with Gasteiger partial charge in [0.2, 0.25) is 0 Å². The number of nitrogens with one attached hydrogen (secondary N) is 2. The molecule has 0 spiro atoms. The Balaban J connectivity index is 0.00000338. The van der Waals surface area contributed by atoms with E-state index in [1.807, 2.05) is 31.2 Å². The number of aliphatic imine (C=N–C) groups is 1. The molecule has 0 radical (unpaired) electrons. The van der Waals surface area contributed by atoms with Crippen molar-refractivity contribution in [2.75, 3.05) is 13.1 Å². The van der Waals surface area contributed by atoms with Crippen LogP contribution in [0.25, 0.3) is 0 Å². The van der Waals surface area contributed by atoms with Gasteiger partial charge >= 0.3 is 0 Å². The summed E-state index contributed by atoms with van der Waals surface area (Å²) in [5, 5.41) is 15.2. The van der Waals surface area contributed by atoms with Gasteiger partial charge in [-0.05, 0) is 37.5 Å². The van der Waals surface area contributed by atoms with Crippen LogP contribution in [0.5, 0.6) is 0 Å². The van der Waals surface area contributed by atoms with Gasteiger partial charge in [-0.3, -0.25) is 0 Å². The highest BCUT2D eigenvalue weighted by Gasteiger charge is 2.04. The van der Waals surface area contributed by atoms with Crippen molar-refractivity contribution in [3.8, 4) is 6.07 Å². The Morgan fingerprint density at radius 3 is 2.58 bits per heavy atom. The summed E-state index contributed by atoms with van der Waals surface area (Å²) >= 11 is 0. The average molecular weight is 466 g/mol. The smallest absolute Gasteiger partial charge is 0.191 e. The summed E-state index contributed by atoms with van der Waals surface area (Å²) in [6.07, 6.45) is 1.98. The van der Waals surface area contributed by atoms with E-state index in [-0.39, 0.29) is 30.5 Å². The van der Waals surface area contributed by atoms with E-state index in [9.17, 15) is 4.39 Å². The van der Waals surface area contributed by atoms with E-state index in [0.717, 1.165) is 25.9 Å². The van der Waals surface area contributed by atoms with Crippen molar-refractivity contribution < 1.29 is 4.39 Å². The van der Waals surface area contributed by atoms with Crippen LogP contribution in [-0.2, 0) is 13.0 Å². The fourth-order valence-corrected chi connectivity index (χ4v) is 2.40. The third kappa shape index (κ3) is 7.40. The van der Waals surface area contributed by atoms with Gasteiger partial charge in [0.25, 0.3) is 0 Å². The molecule has 0 atom stereocenters. The van der Waals surface area contributed by atoms with Crippen LogP contribution < -0.4 is 10.6 Å². The number of hydrogen-bond donors (Lipinski definition) is 2. The van der Waals surface area contributed by atoms with Gasteiger partial charge < -0.3 is 10.6 Å². The van der Waals surface area contributed by atoms with Gasteiger partial charge in [-0.1, -0.05) is 36.4 Å². The van der Waals surface area contributed by atoms with E-state index in [1.165, 1.54) is 11.6 Å². The van der Waals surface area contributed by atoms with Crippen molar-refractivity contribution in [2.45, 2.75) is 26.3 Å². The molecule has 0 aromatic heterocycles.